The van der Waals surface area contributed by atoms with Crippen LogP contribution in [0.1, 0.15) is 59.6 Å². The van der Waals surface area contributed by atoms with Gasteiger partial charge in [0, 0.05) is 0 Å². The molecule has 0 aliphatic heterocycles. The summed E-state index contributed by atoms with van der Waals surface area (Å²) in [6.07, 6.45) is 0.156. The van der Waals surface area contributed by atoms with Crippen LogP contribution in [0.25, 0.3) is 0 Å². The van der Waals surface area contributed by atoms with Gasteiger partial charge in [-0.05, 0) is 46.6 Å². The molecule has 0 heterocycles. The topological polar surface area (TPSA) is 67.4 Å². The van der Waals surface area contributed by atoms with E-state index in [1.165, 1.54) is 0 Å². The van der Waals surface area contributed by atoms with E-state index in [0.717, 1.165) is 12.0 Å². The summed E-state index contributed by atoms with van der Waals surface area (Å²) in [5, 5.41) is 5.60. The summed E-state index contributed by atoms with van der Waals surface area (Å²) in [6.45, 7) is 10.7. The maximum absolute atomic E-state index is 12.5. The third-order valence-corrected chi connectivity index (χ3v) is 3.30. The van der Waals surface area contributed by atoms with Gasteiger partial charge in [0.05, 0.1) is 6.04 Å². The quantitative estimate of drug-likeness (QED) is 0.871. The van der Waals surface area contributed by atoms with E-state index in [1.54, 1.807) is 34.6 Å². The molecule has 0 aliphatic rings. The van der Waals surface area contributed by atoms with Crippen molar-refractivity contribution in [3.63, 3.8) is 0 Å². The van der Waals surface area contributed by atoms with E-state index in [4.69, 9.17) is 4.74 Å². The smallest absolute Gasteiger partial charge is 0.408 e. The number of ether oxygens (including phenoxy) is 1. The van der Waals surface area contributed by atoms with Crippen molar-refractivity contribution in [2.24, 2.45) is 0 Å². The second-order valence-electron chi connectivity index (χ2n) is 7.10. The van der Waals surface area contributed by atoms with Crippen LogP contribution in [0.15, 0.2) is 30.3 Å². The lowest BCUT2D eigenvalue weighted by Gasteiger charge is -2.29. The van der Waals surface area contributed by atoms with Crippen molar-refractivity contribution >= 4 is 12.0 Å². The van der Waals surface area contributed by atoms with E-state index < -0.39 is 17.2 Å². The minimum Gasteiger partial charge on any atom is -0.444 e. The van der Waals surface area contributed by atoms with Gasteiger partial charge in [-0.15, -0.1) is 0 Å². The van der Waals surface area contributed by atoms with Gasteiger partial charge < -0.3 is 15.4 Å². The molecule has 1 aromatic carbocycles. The fourth-order valence-corrected chi connectivity index (χ4v) is 2.06. The number of alkyl carbamates (subject to hydrolysis) is 1. The van der Waals surface area contributed by atoms with Crippen molar-refractivity contribution in [2.75, 3.05) is 0 Å². The van der Waals surface area contributed by atoms with Crippen molar-refractivity contribution in [1.82, 2.24) is 10.6 Å². The second-order valence-corrected chi connectivity index (χ2v) is 7.10. The first-order valence-corrected chi connectivity index (χ1v) is 7.92. The van der Waals surface area contributed by atoms with Gasteiger partial charge in [0.1, 0.15) is 11.1 Å². The zero-order chi connectivity index (χ0) is 17.7. The molecule has 0 aromatic heterocycles. The average Bonchev–Trinajstić information content (AvgIpc) is 2.42. The van der Waals surface area contributed by atoms with Gasteiger partial charge in [-0.1, -0.05) is 37.3 Å². The largest absolute Gasteiger partial charge is 0.444 e. The molecular formula is C18H28N2O3. The summed E-state index contributed by atoms with van der Waals surface area (Å²) in [7, 11) is 0. The fraction of sp³-hybridized carbons (Fsp3) is 0.556. The number of carbonyl (C=O) groups excluding carboxylic acids is 2. The molecule has 0 unspecified atom stereocenters. The molecule has 2 N–H and O–H groups in total. The number of amides is 2. The van der Waals surface area contributed by atoms with Crippen LogP contribution in [-0.2, 0) is 9.53 Å². The predicted octanol–water partition coefficient (Wildman–Crippen LogP) is 3.56. The van der Waals surface area contributed by atoms with Crippen molar-refractivity contribution in [1.29, 1.82) is 0 Å². The molecule has 0 spiro atoms. The van der Waals surface area contributed by atoms with Crippen LogP contribution in [0.3, 0.4) is 0 Å². The Morgan fingerprint density at radius 1 is 1.09 bits per heavy atom. The highest BCUT2D eigenvalue weighted by Crippen LogP contribution is 2.18. The first-order valence-electron chi connectivity index (χ1n) is 7.92. The van der Waals surface area contributed by atoms with E-state index in [0.29, 0.717) is 0 Å². The van der Waals surface area contributed by atoms with Crippen LogP contribution >= 0.6 is 0 Å². The minimum absolute atomic E-state index is 0.0941. The van der Waals surface area contributed by atoms with Gasteiger partial charge in [0.15, 0.2) is 0 Å². The molecule has 0 aliphatic carbocycles. The Bertz CT molecular complexity index is 533. The second kappa shape index (κ2) is 7.49. The van der Waals surface area contributed by atoms with Gasteiger partial charge in [-0.3, -0.25) is 4.79 Å². The number of hydrogen-bond acceptors (Lipinski definition) is 3. The lowest BCUT2D eigenvalue weighted by molar-refractivity contribution is -0.127. The number of carbonyl (C=O) groups is 2. The van der Waals surface area contributed by atoms with E-state index in [2.05, 4.69) is 10.6 Å². The van der Waals surface area contributed by atoms with Gasteiger partial charge in [0.2, 0.25) is 5.91 Å². The Balaban J connectivity index is 2.72. The highest BCUT2D eigenvalue weighted by Gasteiger charge is 2.32. The standard InChI is InChI=1S/C18H28N2O3/c1-7-14(13-11-9-8-10-12-13)19-15(21)18(5,6)20-16(22)23-17(2,3)4/h8-12,14H,7H2,1-6H3,(H,19,21)(H,20,22)/t14-/m0/s1. The zero-order valence-electron chi connectivity index (χ0n) is 14.9. The number of benzene rings is 1. The average molecular weight is 320 g/mol. The highest BCUT2D eigenvalue weighted by molar-refractivity contribution is 5.89. The summed E-state index contributed by atoms with van der Waals surface area (Å²) in [6, 6.07) is 9.67. The Kier molecular flexibility index (Phi) is 6.19. The van der Waals surface area contributed by atoms with E-state index >= 15 is 0 Å². The zero-order valence-corrected chi connectivity index (χ0v) is 14.9. The Morgan fingerprint density at radius 2 is 1.65 bits per heavy atom. The molecule has 5 nitrogen and oxygen atoms in total. The molecule has 0 radical (unpaired) electrons. The maximum atomic E-state index is 12.5. The fourth-order valence-electron chi connectivity index (χ4n) is 2.06. The lowest BCUT2D eigenvalue weighted by atomic mass is 10.0. The van der Waals surface area contributed by atoms with E-state index in [9.17, 15) is 9.59 Å². The van der Waals surface area contributed by atoms with Crippen LogP contribution in [0.4, 0.5) is 4.79 Å². The number of nitrogens with one attached hydrogen (secondary N) is 2. The third kappa shape index (κ3) is 6.30. The first kappa shape index (κ1) is 19.0. The van der Waals surface area contributed by atoms with Gasteiger partial charge in [0.25, 0.3) is 0 Å². The lowest BCUT2D eigenvalue weighted by Crippen LogP contribution is -2.56. The van der Waals surface area contributed by atoms with Gasteiger partial charge >= 0.3 is 6.09 Å². The highest BCUT2D eigenvalue weighted by atomic mass is 16.6. The van der Waals surface area contributed by atoms with E-state index in [1.807, 2.05) is 37.3 Å². The molecule has 128 valence electrons. The summed E-state index contributed by atoms with van der Waals surface area (Å²) in [5.74, 6) is -0.251. The molecule has 5 heteroatoms. The van der Waals surface area contributed by atoms with Crippen molar-refractivity contribution in [3.8, 4) is 0 Å². The Labute approximate surface area is 138 Å². The molecule has 1 atom stereocenters. The predicted molar refractivity (Wildman–Crippen MR) is 91.1 cm³/mol. The molecule has 0 saturated heterocycles. The summed E-state index contributed by atoms with van der Waals surface area (Å²) >= 11 is 0. The van der Waals surface area contributed by atoms with Crippen LogP contribution in [0.5, 0.6) is 0 Å². The van der Waals surface area contributed by atoms with Crippen molar-refractivity contribution < 1.29 is 14.3 Å². The van der Waals surface area contributed by atoms with Crippen LogP contribution in [-0.4, -0.2) is 23.1 Å². The molecule has 2 amide bonds. The van der Waals surface area contributed by atoms with Crippen LogP contribution < -0.4 is 10.6 Å². The van der Waals surface area contributed by atoms with Crippen LogP contribution in [0, 0.1) is 0 Å². The van der Waals surface area contributed by atoms with Crippen LogP contribution in [0.2, 0.25) is 0 Å². The van der Waals surface area contributed by atoms with Gasteiger partial charge in [-0.2, -0.15) is 0 Å². The molecular weight excluding hydrogens is 292 g/mol. The summed E-state index contributed by atoms with van der Waals surface area (Å²) < 4.78 is 5.21. The number of rotatable bonds is 5. The normalized spacial score (nSPS) is 13.1. The van der Waals surface area contributed by atoms with Crippen molar-refractivity contribution in [2.45, 2.75) is 65.1 Å². The molecule has 0 bridgehead atoms. The monoisotopic (exact) mass is 320 g/mol. The molecule has 23 heavy (non-hydrogen) atoms. The Hall–Kier alpha value is -2.04. The molecule has 0 saturated carbocycles. The summed E-state index contributed by atoms with van der Waals surface area (Å²) in [5.41, 5.74) is -0.631. The number of hydrogen-bond donors (Lipinski definition) is 2. The van der Waals surface area contributed by atoms with E-state index in [-0.39, 0.29) is 11.9 Å². The Morgan fingerprint density at radius 3 is 2.13 bits per heavy atom. The first-order chi connectivity index (χ1) is 10.5. The SMILES string of the molecule is CC[C@H](NC(=O)C(C)(C)NC(=O)OC(C)(C)C)c1ccccc1. The van der Waals surface area contributed by atoms with Crippen molar-refractivity contribution in [3.05, 3.63) is 35.9 Å². The minimum atomic E-state index is -1.06. The summed E-state index contributed by atoms with van der Waals surface area (Å²) in [4.78, 5) is 24.4. The van der Waals surface area contributed by atoms with Gasteiger partial charge in [-0.25, -0.2) is 4.79 Å². The molecule has 1 aromatic rings. The maximum Gasteiger partial charge on any atom is 0.408 e. The molecule has 1 rings (SSSR count). The third-order valence-electron chi connectivity index (χ3n) is 3.30. The molecule has 0 fully saturated rings.